The minimum absolute atomic E-state index is 0.191. The molecule has 0 bridgehead atoms. The number of hydrogen-bond donors (Lipinski definition) is 4. The van der Waals surface area contributed by atoms with Crippen molar-refractivity contribution in [2.24, 2.45) is 11.7 Å². The van der Waals surface area contributed by atoms with E-state index in [-0.39, 0.29) is 24.4 Å². The highest BCUT2D eigenvalue weighted by molar-refractivity contribution is 6.00. The molecule has 1 fully saturated rings. The predicted octanol–water partition coefficient (Wildman–Crippen LogP) is -1.13. The van der Waals surface area contributed by atoms with Crippen LogP contribution in [0, 0.1) is 5.92 Å². The lowest BCUT2D eigenvalue weighted by Crippen LogP contribution is -2.53. The zero-order chi connectivity index (χ0) is 15.1. The Balaban J connectivity index is 2.60. The highest BCUT2D eigenvalue weighted by Crippen LogP contribution is 2.08. The van der Waals surface area contributed by atoms with Gasteiger partial charge in [-0.25, -0.2) is 0 Å². The number of carbonyl (C=O) groups is 3. The third-order valence-electron chi connectivity index (χ3n) is 3.16. The van der Waals surface area contributed by atoms with Gasteiger partial charge in [-0.3, -0.25) is 19.7 Å². The largest absolute Gasteiger partial charge is 0.343 e. The van der Waals surface area contributed by atoms with Crippen molar-refractivity contribution in [1.29, 1.82) is 0 Å². The number of imide groups is 1. The molecule has 0 aromatic carbocycles. The van der Waals surface area contributed by atoms with Gasteiger partial charge in [0, 0.05) is 0 Å². The summed E-state index contributed by atoms with van der Waals surface area (Å²) in [5.74, 6) is -1.02. The first-order chi connectivity index (χ1) is 9.43. The van der Waals surface area contributed by atoms with Crippen molar-refractivity contribution >= 4 is 17.7 Å². The van der Waals surface area contributed by atoms with Gasteiger partial charge in [0.2, 0.25) is 17.7 Å². The van der Waals surface area contributed by atoms with Gasteiger partial charge < -0.3 is 16.4 Å². The normalized spacial score (nSPS) is 19.7. The van der Waals surface area contributed by atoms with Crippen molar-refractivity contribution in [3.8, 4) is 0 Å². The molecule has 0 aromatic rings. The van der Waals surface area contributed by atoms with E-state index >= 15 is 0 Å². The number of nitrogens with one attached hydrogen (secondary N) is 3. The molecule has 2 atom stereocenters. The van der Waals surface area contributed by atoms with Crippen LogP contribution in [0.5, 0.6) is 0 Å². The Bertz CT molecular complexity index is 365. The Labute approximate surface area is 119 Å². The molecule has 5 N–H and O–H groups in total. The number of hydrogen-bond acceptors (Lipinski definition) is 5. The van der Waals surface area contributed by atoms with Crippen molar-refractivity contribution < 1.29 is 14.4 Å². The Morgan fingerprint density at radius 3 is 2.55 bits per heavy atom. The van der Waals surface area contributed by atoms with Crippen LogP contribution in [-0.2, 0) is 14.4 Å². The van der Waals surface area contributed by atoms with Crippen LogP contribution < -0.4 is 21.7 Å². The molecule has 1 unspecified atom stereocenters. The molecule has 1 aliphatic rings. The molecule has 0 saturated carbocycles. The van der Waals surface area contributed by atoms with Gasteiger partial charge in [-0.15, -0.1) is 0 Å². The summed E-state index contributed by atoms with van der Waals surface area (Å²) >= 11 is 0. The molecule has 3 amide bonds. The zero-order valence-electron chi connectivity index (χ0n) is 12.1. The van der Waals surface area contributed by atoms with Crippen LogP contribution in [0.1, 0.15) is 33.1 Å². The Kier molecular flexibility index (Phi) is 6.60. The first kappa shape index (κ1) is 16.6. The molecule has 1 aliphatic heterocycles. The molecule has 1 heterocycles. The zero-order valence-corrected chi connectivity index (χ0v) is 12.1. The molecule has 0 aromatic heterocycles. The lowest BCUT2D eigenvalue weighted by Gasteiger charge is -2.21. The minimum Gasteiger partial charge on any atom is -0.343 e. The van der Waals surface area contributed by atoms with Gasteiger partial charge >= 0.3 is 0 Å². The third kappa shape index (κ3) is 5.26. The minimum atomic E-state index is -0.708. The number of nitrogens with two attached hydrogens (primary N) is 1. The van der Waals surface area contributed by atoms with Crippen LogP contribution in [0.2, 0.25) is 0 Å². The first-order valence-electron chi connectivity index (χ1n) is 7.01. The van der Waals surface area contributed by atoms with Gasteiger partial charge in [0.1, 0.15) is 6.04 Å². The van der Waals surface area contributed by atoms with E-state index in [1.165, 1.54) is 0 Å². The van der Waals surface area contributed by atoms with Gasteiger partial charge in [-0.1, -0.05) is 13.8 Å². The van der Waals surface area contributed by atoms with Crippen molar-refractivity contribution in [2.75, 3.05) is 13.1 Å². The monoisotopic (exact) mass is 284 g/mol. The van der Waals surface area contributed by atoms with E-state index in [2.05, 4.69) is 16.0 Å². The molecule has 7 nitrogen and oxygen atoms in total. The summed E-state index contributed by atoms with van der Waals surface area (Å²) < 4.78 is 0. The summed E-state index contributed by atoms with van der Waals surface area (Å²) in [6, 6.07) is -0.955. The molecule has 0 spiro atoms. The fraction of sp³-hybridized carbons (Fsp3) is 0.769. The van der Waals surface area contributed by atoms with E-state index in [0.717, 1.165) is 19.4 Å². The van der Waals surface area contributed by atoms with Crippen LogP contribution >= 0.6 is 0 Å². The lowest BCUT2D eigenvalue weighted by atomic mass is 10.0. The molecular formula is C13H24N4O3. The average molecular weight is 284 g/mol. The van der Waals surface area contributed by atoms with E-state index in [1.54, 1.807) is 0 Å². The lowest BCUT2D eigenvalue weighted by molar-refractivity contribution is -0.134. The van der Waals surface area contributed by atoms with Crippen molar-refractivity contribution in [3.63, 3.8) is 0 Å². The van der Waals surface area contributed by atoms with Crippen LogP contribution in [0.25, 0.3) is 0 Å². The van der Waals surface area contributed by atoms with Crippen LogP contribution in [-0.4, -0.2) is 42.9 Å². The standard InChI is InChI=1S/C13H24N4O3/c1-8(2)6-10(13(20)17-11(18)7-14)16-12(19)9-4-3-5-15-9/h8-10,15H,3-7,14H2,1-2H3,(H,16,19)(H,17,18,20)/t9-,10?/m0/s1. The van der Waals surface area contributed by atoms with Crippen LogP contribution in [0.15, 0.2) is 0 Å². The molecule has 20 heavy (non-hydrogen) atoms. The number of rotatable bonds is 6. The van der Waals surface area contributed by atoms with Gasteiger partial charge in [-0.05, 0) is 31.7 Å². The van der Waals surface area contributed by atoms with Crippen LogP contribution in [0.4, 0.5) is 0 Å². The van der Waals surface area contributed by atoms with Crippen molar-refractivity contribution in [2.45, 2.75) is 45.2 Å². The summed E-state index contributed by atoms with van der Waals surface area (Å²) in [7, 11) is 0. The molecular weight excluding hydrogens is 260 g/mol. The average Bonchev–Trinajstić information content (AvgIpc) is 2.90. The molecule has 1 rings (SSSR count). The summed E-state index contributed by atoms with van der Waals surface area (Å²) in [6.07, 6.45) is 2.19. The van der Waals surface area contributed by atoms with E-state index in [0.29, 0.717) is 6.42 Å². The number of amides is 3. The van der Waals surface area contributed by atoms with Gasteiger partial charge in [0.25, 0.3) is 0 Å². The van der Waals surface area contributed by atoms with Gasteiger partial charge in [0.05, 0.1) is 12.6 Å². The topological polar surface area (TPSA) is 113 Å². The molecule has 0 radical (unpaired) electrons. The molecule has 0 aliphatic carbocycles. The fourth-order valence-electron chi connectivity index (χ4n) is 2.16. The molecule has 7 heteroatoms. The first-order valence-corrected chi connectivity index (χ1v) is 7.01. The maximum absolute atomic E-state index is 12.0. The van der Waals surface area contributed by atoms with Crippen LogP contribution in [0.3, 0.4) is 0 Å². The second-order valence-corrected chi connectivity index (χ2v) is 5.46. The highest BCUT2D eigenvalue weighted by atomic mass is 16.2. The smallest absolute Gasteiger partial charge is 0.249 e. The third-order valence-corrected chi connectivity index (χ3v) is 3.16. The predicted molar refractivity (Wildman–Crippen MR) is 74.6 cm³/mol. The summed E-state index contributed by atoms with van der Waals surface area (Å²) in [6.45, 7) is 4.46. The molecule has 1 saturated heterocycles. The SMILES string of the molecule is CC(C)CC(NC(=O)[C@@H]1CCCN1)C(=O)NC(=O)CN. The number of carbonyl (C=O) groups excluding carboxylic acids is 3. The van der Waals surface area contributed by atoms with Gasteiger partial charge in [0.15, 0.2) is 0 Å². The fourth-order valence-corrected chi connectivity index (χ4v) is 2.16. The van der Waals surface area contributed by atoms with Crippen molar-refractivity contribution in [1.82, 2.24) is 16.0 Å². The quantitative estimate of drug-likeness (QED) is 0.493. The van der Waals surface area contributed by atoms with E-state index in [9.17, 15) is 14.4 Å². The Morgan fingerprint density at radius 1 is 1.35 bits per heavy atom. The highest BCUT2D eigenvalue weighted by Gasteiger charge is 2.28. The van der Waals surface area contributed by atoms with Gasteiger partial charge in [-0.2, -0.15) is 0 Å². The Morgan fingerprint density at radius 2 is 2.05 bits per heavy atom. The van der Waals surface area contributed by atoms with Crippen molar-refractivity contribution in [3.05, 3.63) is 0 Å². The van der Waals surface area contributed by atoms with E-state index < -0.39 is 17.9 Å². The Hall–Kier alpha value is -1.47. The maximum atomic E-state index is 12.0. The van der Waals surface area contributed by atoms with E-state index in [4.69, 9.17) is 5.73 Å². The van der Waals surface area contributed by atoms with E-state index in [1.807, 2.05) is 13.8 Å². The maximum Gasteiger partial charge on any atom is 0.249 e. The molecule has 114 valence electrons. The summed E-state index contributed by atoms with van der Waals surface area (Å²) in [5, 5.41) is 7.98. The summed E-state index contributed by atoms with van der Waals surface area (Å²) in [4.78, 5) is 35.2. The summed E-state index contributed by atoms with van der Waals surface area (Å²) in [5.41, 5.74) is 5.16. The second-order valence-electron chi connectivity index (χ2n) is 5.46. The second kappa shape index (κ2) is 7.96.